The molecule has 2 aliphatic rings. The molecule has 2 saturated heterocycles. The van der Waals surface area contributed by atoms with E-state index in [1.807, 2.05) is 11.9 Å². The molecule has 1 amide bonds. The van der Waals surface area contributed by atoms with Crippen LogP contribution in [0.4, 0.5) is 0 Å². The molecular weight excluding hydrogens is 216 g/mol. The van der Waals surface area contributed by atoms with E-state index in [2.05, 4.69) is 5.32 Å². The smallest absolute Gasteiger partial charge is 0.226 e. The molecule has 0 spiro atoms. The molecule has 2 rings (SSSR count). The zero-order valence-corrected chi connectivity index (χ0v) is 10.8. The van der Waals surface area contributed by atoms with Gasteiger partial charge in [0.2, 0.25) is 5.91 Å². The minimum Gasteiger partial charge on any atom is -0.381 e. The van der Waals surface area contributed by atoms with Crippen molar-refractivity contribution in [3.8, 4) is 0 Å². The molecule has 17 heavy (non-hydrogen) atoms. The topological polar surface area (TPSA) is 41.6 Å². The van der Waals surface area contributed by atoms with Crippen LogP contribution in [-0.4, -0.2) is 50.7 Å². The number of amides is 1. The van der Waals surface area contributed by atoms with E-state index in [4.69, 9.17) is 4.74 Å². The summed E-state index contributed by atoms with van der Waals surface area (Å²) in [5.41, 5.74) is 0. The van der Waals surface area contributed by atoms with Gasteiger partial charge in [-0.2, -0.15) is 0 Å². The number of piperidine rings is 1. The second-order valence-electron chi connectivity index (χ2n) is 5.32. The first-order valence-corrected chi connectivity index (χ1v) is 6.81. The van der Waals surface area contributed by atoms with Gasteiger partial charge in [0.05, 0.1) is 5.92 Å². The van der Waals surface area contributed by atoms with E-state index < -0.39 is 0 Å². The Labute approximate surface area is 104 Å². The number of nitrogens with one attached hydrogen (secondary N) is 1. The fraction of sp³-hybridized carbons (Fsp3) is 0.923. The van der Waals surface area contributed by atoms with Crippen molar-refractivity contribution in [3.05, 3.63) is 0 Å². The summed E-state index contributed by atoms with van der Waals surface area (Å²) in [7, 11) is 1.95. The number of rotatable bonds is 3. The molecule has 0 radical (unpaired) electrons. The first kappa shape index (κ1) is 12.8. The van der Waals surface area contributed by atoms with Crippen molar-refractivity contribution in [2.75, 3.05) is 39.9 Å². The highest BCUT2D eigenvalue weighted by molar-refractivity contribution is 5.78. The van der Waals surface area contributed by atoms with Gasteiger partial charge >= 0.3 is 0 Å². The summed E-state index contributed by atoms with van der Waals surface area (Å²) in [4.78, 5) is 14.2. The molecule has 0 aromatic rings. The van der Waals surface area contributed by atoms with Gasteiger partial charge in [0, 0.05) is 33.4 Å². The van der Waals surface area contributed by atoms with Crippen LogP contribution in [0.25, 0.3) is 0 Å². The van der Waals surface area contributed by atoms with E-state index in [9.17, 15) is 4.79 Å². The normalized spacial score (nSPS) is 26.8. The number of nitrogens with zero attached hydrogens (tertiary/aromatic N) is 1. The highest BCUT2D eigenvalue weighted by atomic mass is 16.5. The molecule has 0 aromatic carbocycles. The van der Waals surface area contributed by atoms with Crippen molar-refractivity contribution in [2.24, 2.45) is 11.8 Å². The van der Waals surface area contributed by atoms with Crippen molar-refractivity contribution in [1.29, 1.82) is 0 Å². The van der Waals surface area contributed by atoms with Gasteiger partial charge in [0.1, 0.15) is 0 Å². The van der Waals surface area contributed by atoms with Gasteiger partial charge in [0.25, 0.3) is 0 Å². The van der Waals surface area contributed by atoms with Crippen LogP contribution in [0.5, 0.6) is 0 Å². The third-order valence-corrected chi connectivity index (χ3v) is 3.90. The summed E-state index contributed by atoms with van der Waals surface area (Å²) in [5.74, 6) is 1.16. The second kappa shape index (κ2) is 6.36. The lowest BCUT2D eigenvalue weighted by atomic mass is 9.96. The van der Waals surface area contributed by atoms with E-state index in [1.54, 1.807) is 0 Å². The molecule has 2 heterocycles. The van der Waals surface area contributed by atoms with Crippen LogP contribution < -0.4 is 5.32 Å². The quantitative estimate of drug-likeness (QED) is 0.796. The van der Waals surface area contributed by atoms with Gasteiger partial charge in [-0.25, -0.2) is 0 Å². The highest BCUT2D eigenvalue weighted by Crippen LogP contribution is 2.18. The predicted molar refractivity (Wildman–Crippen MR) is 66.8 cm³/mol. The Morgan fingerprint density at radius 1 is 1.35 bits per heavy atom. The molecule has 0 aliphatic carbocycles. The van der Waals surface area contributed by atoms with Crippen molar-refractivity contribution < 1.29 is 9.53 Å². The Morgan fingerprint density at radius 2 is 2.12 bits per heavy atom. The minimum absolute atomic E-state index is 0.202. The molecule has 1 unspecified atom stereocenters. The Kier molecular flexibility index (Phi) is 4.80. The molecule has 1 atom stereocenters. The van der Waals surface area contributed by atoms with Crippen LogP contribution >= 0.6 is 0 Å². The molecule has 4 nitrogen and oxygen atoms in total. The largest absolute Gasteiger partial charge is 0.381 e. The van der Waals surface area contributed by atoms with Crippen LogP contribution in [0.3, 0.4) is 0 Å². The first-order chi connectivity index (χ1) is 8.27. The lowest BCUT2D eigenvalue weighted by Gasteiger charge is -2.31. The monoisotopic (exact) mass is 240 g/mol. The van der Waals surface area contributed by atoms with Crippen LogP contribution in [-0.2, 0) is 9.53 Å². The van der Waals surface area contributed by atoms with E-state index in [-0.39, 0.29) is 5.92 Å². The third-order valence-electron chi connectivity index (χ3n) is 3.90. The molecule has 0 bridgehead atoms. The van der Waals surface area contributed by atoms with E-state index in [0.717, 1.165) is 58.5 Å². The molecule has 2 aliphatic heterocycles. The number of hydrogen-bond acceptors (Lipinski definition) is 3. The zero-order valence-electron chi connectivity index (χ0n) is 10.8. The Morgan fingerprint density at radius 3 is 2.76 bits per heavy atom. The molecule has 0 saturated carbocycles. The molecule has 4 heteroatoms. The predicted octanol–water partition coefficient (Wildman–Crippen LogP) is 0.871. The first-order valence-electron chi connectivity index (χ1n) is 6.81. The van der Waals surface area contributed by atoms with Crippen LogP contribution in [0.2, 0.25) is 0 Å². The van der Waals surface area contributed by atoms with Crippen molar-refractivity contribution in [1.82, 2.24) is 10.2 Å². The fourth-order valence-electron chi connectivity index (χ4n) is 2.78. The maximum atomic E-state index is 12.2. The van der Waals surface area contributed by atoms with Crippen LogP contribution in [0.1, 0.15) is 25.7 Å². The van der Waals surface area contributed by atoms with Gasteiger partial charge in [-0.05, 0) is 38.1 Å². The van der Waals surface area contributed by atoms with Crippen molar-refractivity contribution in [2.45, 2.75) is 25.7 Å². The average molecular weight is 240 g/mol. The van der Waals surface area contributed by atoms with Gasteiger partial charge in [-0.15, -0.1) is 0 Å². The van der Waals surface area contributed by atoms with Crippen molar-refractivity contribution >= 4 is 5.91 Å². The lowest BCUT2D eigenvalue weighted by molar-refractivity contribution is -0.135. The number of ether oxygens (including phenoxy) is 1. The van der Waals surface area contributed by atoms with E-state index >= 15 is 0 Å². The fourth-order valence-corrected chi connectivity index (χ4v) is 2.78. The van der Waals surface area contributed by atoms with Gasteiger partial charge < -0.3 is 15.0 Å². The maximum absolute atomic E-state index is 12.2. The SMILES string of the molecule is CN(CC1CCOCC1)C(=O)C1CCCNC1. The number of carbonyl (C=O) groups excluding carboxylic acids is 1. The van der Waals surface area contributed by atoms with Gasteiger partial charge in [0.15, 0.2) is 0 Å². The Balaban J connectivity index is 1.77. The van der Waals surface area contributed by atoms with E-state index in [0.29, 0.717) is 11.8 Å². The lowest BCUT2D eigenvalue weighted by Crippen LogP contribution is -2.43. The van der Waals surface area contributed by atoms with Gasteiger partial charge in [-0.1, -0.05) is 0 Å². The summed E-state index contributed by atoms with van der Waals surface area (Å²) in [6, 6.07) is 0. The summed E-state index contributed by atoms with van der Waals surface area (Å²) in [5, 5.41) is 3.31. The van der Waals surface area contributed by atoms with Crippen LogP contribution in [0, 0.1) is 11.8 Å². The van der Waals surface area contributed by atoms with E-state index in [1.165, 1.54) is 0 Å². The molecule has 98 valence electrons. The zero-order chi connectivity index (χ0) is 12.1. The summed E-state index contributed by atoms with van der Waals surface area (Å²) >= 11 is 0. The summed E-state index contributed by atoms with van der Waals surface area (Å²) in [6.45, 7) is 4.54. The Bertz CT molecular complexity index is 246. The average Bonchev–Trinajstić information content (AvgIpc) is 2.40. The molecule has 1 N–H and O–H groups in total. The van der Waals surface area contributed by atoms with Crippen LogP contribution in [0.15, 0.2) is 0 Å². The standard InChI is InChI=1S/C13H24N2O2/c1-15(10-11-4-7-17-8-5-11)13(16)12-3-2-6-14-9-12/h11-12,14H,2-10H2,1H3. The maximum Gasteiger partial charge on any atom is 0.226 e. The molecule has 0 aromatic heterocycles. The van der Waals surface area contributed by atoms with Crippen molar-refractivity contribution in [3.63, 3.8) is 0 Å². The highest BCUT2D eigenvalue weighted by Gasteiger charge is 2.25. The number of hydrogen-bond donors (Lipinski definition) is 1. The third kappa shape index (κ3) is 3.68. The summed E-state index contributed by atoms with van der Waals surface area (Å²) in [6.07, 6.45) is 4.37. The number of carbonyl (C=O) groups is 1. The molecular formula is C13H24N2O2. The van der Waals surface area contributed by atoms with Gasteiger partial charge in [-0.3, -0.25) is 4.79 Å². The molecule has 2 fully saturated rings. The summed E-state index contributed by atoms with van der Waals surface area (Å²) < 4.78 is 5.34. The minimum atomic E-state index is 0.202. The second-order valence-corrected chi connectivity index (χ2v) is 5.32. The Hall–Kier alpha value is -0.610.